The maximum absolute atomic E-state index is 13.1. The van der Waals surface area contributed by atoms with Gasteiger partial charge in [0.15, 0.2) is 10.8 Å². The molecule has 6 nitrogen and oxygen atoms in total. The number of carbonyl (C=O) groups is 1. The van der Waals surface area contributed by atoms with Crippen LogP contribution in [0.15, 0.2) is 47.1 Å². The summed E-state index contributed by atoms with van der Waals surface area (Å²) in [6.45, 7) is 1.91. The summed E-state index contributed by atoms with van der Waals surface area (Å²) in [5, 5.41) is 13.3. The molecule has 0 aliphatic heterocycles. The lowest BCUT2D eigenvalue weighted by molar-refractivity contribution is -0.137. The van der Waals surface area contributed by atoms with Crippen molar-refractivity contribution in [2.75, 3.05) is 11.1 Å². The summed E-state index contributed by atoms with van der Waals surface area (Å²) in [5.74, 6) is -0.416. The Morgan fingerprint density at radius 1 is 1.29 bits per heavy atom. The number of rotatable bonds is 5. The number of hydrogen-bond acceptors (Lipinski definition) is 6. The van der Waals surface area contributed by atoms with Crippen LogP contribution < -0.4 is 5.32 Å². The molecule has 0 aliphatic carbocycles. The monoisotopic (exact) mass is 483 g/mol. The van der Waals surface area contributed by atoms with Gasteiger partial charge < -0.3 is 5.32 Å². The normalized spacial score (nSPS) is 11.8. The van der Waals surface area contributed by atoms with Crippen LogP contribution in [-0.2, 0) is 11.0 Å². The van der Waals surface area contributed by atoms with Crippen molar-refractivity contribution in [1.82, 2.24) is 19.6 Å². The van der Waals surface area contributed by atoms with E-state index in [-0.39, 0.29) is 27.5 Å². The third kappa shape index (κ3) is 4.83. The van der Waals surface area contributed by atoms with Gasteiger partial charge in [-0.25, -0.2) is 4.98 Å². The number of hydrogen-bond donors (Lipinski definition) is 1. The fourth-order valence-electron chi connectivity index (χ4n) is 2.77. The van der Waals surface area contributed by atoms with Crippen LogP contribution in [-0.4, -0.2) is 31.2 Å². The minimum atomic E-state index is -4.57. The molecule has 4 aromatic rings. The molecule has 0 saturated heterocycles. The van der Waals surface area contributed by atoms with Crippen molar-refractivity contribution in [3.05, 3.63) is 57.5 Å². The van der Waals surface area contributed by atoms with Crippen LogP contribution in [0.5, 0.6) is 0 Å². The molecule has 3 aromatic heterocycles. The Morgan fingerprint density at radius 3 is 2.81 bits per heavy atom. The maximum atomic E-state index is 13.1. The molecular weight excluding hydrogens is 471 g/mol. The highest BCUT2D eigenvalue weighted by Crippen LogP contribution is 2.33. The molecule has 0 fully saturated rings. The van der Waals surface area contributed by atoms with Crippen molar-refractivity contribution in [2.24, 2.45) is 0 Å². The van der Waals surface area contributed by atoms with Crippen molar-refractivity contribution in [3.63, 3.8) is 0 Å². The number of fused-ring (bicyclic) bond motifs is 1. The van der Waals surface area contributed by atoms with Gasteiger partial charge in [-0.2, -0.15) is 13.2 Å². The number of nitrogens with zero attached hydrogens (tertiary/aromatic N) is 4. The number of alkyl halides is 3. The molecular formula is C19H13ClF3N5OS2. The van der Waals surface area contributed by atoms with E-state index in [1.165, 1.54) is 11.3 Å². The lowest BCUT2D eigenvalue weighted by Crippen LogP contribution is -2.14. The van der Waals surface area contributed by atoms with Gasteiger partial charge in [0.2, 0.25) is 5.91 Å². The number of aryl methyl sites for hydroxylation is 1. The second-order valence-electron chi connectivity index (χ2n) is 6.42. The van der Waals surface area contributed by atoms with Crippen molar-refractivity contribution >= 4 is 51.9 Å². The second kappa shape index (κ2) is 8.48. The van der Waals surface area contributed by atoms with Gasteiger partial charge in [-0.15, -0.1) is 21.5 Å². The van der Waals surface area contributed by atoms with Gasteiger partial charge >= 0.3 is 6.18 Å². The highest BCUT2D eigenvalue weighted by Gasteiger charge is 2.32. The zero-order chi connectivity index (χ0) is 22.2. The zero-order valence-electron chi connectivity index (χ0n) is 15.8. The van der Waals surface area contributed by atoms with Crippen LogP contribution in [0.3, 0.4) is 0 Å². The number of nitrogens with one attached hydrogen (secondary N) is 1. The fraction of sp³-hybridized carbons (Fsp3) is 0.158. The maximum Gasteiger partial charge on any atom is 0.417 e. The van der Waals surface area contributed by atoms with Crippen LogP contribution in [0.25, 0.3) is 16.9 Å². The predicted molar refractivity (Wildman–Crippen MR) is 115 cm³/mol. The van der Waals surface area contributed by atoms with E-state index in [9.17, 15) is 18.0 Å². The molecule has 1 amide bonds. The van der Waals surface area contributed by atoms with Gasteiger partial charge in [-0.3, -0.25) is 9.20 Å². The number of thioether (sulfide) groups is 1. The minimum Gasteiger partial charge on any atom is -0.325 e. The third-order valence-electron chi connectivity index (χ3n) is 4.15. The summed E-state index contributed by atoms with van der Waals surface area (Å²) in [6.07, 6.45) is -3.71. The largest absolute Gasteiger partial charge is 0.417 e. The summed E-state index contributed by atoms with van der Waals surface area (Å²) in [4.78, 5) is 16.8. The fourth-order valence-corrected chi connectivity index (χ4v) is 4.34. The van der Waals surface area contributed by atoms with Crippen LogP contribution in [0.1, 0.15) is 10.6 Å². The number of benzene rings is 1. The van der Waals surface area contributed by atoms with Crippen molar-refractivity contribution in [3.8, 4) is 11.3 Å². The lowest BCUT2D eigenvalue weighted by atomic mass is 10.1. The van der Waals surface area contributed by atoms with Crippen molar-refractivity contribution in [2.45, 2.75) is 18.3 Å². The Morgan fingerprint density at radius 2 is 2.10 bits per heavy atom. The molecule has 1 N–H and O–H groups in total. The van der Waals surface area contributed by atoms with E-state index in [1.807, 2.05) is 18.4 Å². The van der Waals surface area contributed by atoms with Gasteiger partial charge in [0.05, 0.1) is 27.0 Å². The number of halogens is 4. The summed E-state index contributed by atoms with van der Waals surface area (Å²) in [5.41, 5.74) is 1.43. The Hall–Kier alpha value is -2.63. The van der Waals surface area contributed by atoms with Gasteiger partial charge in [0.25, 0.3) is 0 Å². The Labute approximate surface area is 187 Å². The SMILES string of the molecule is Cc1nc(-c2cccc(NC(=O)CSc3nnc4c(Cl)cc(C(F)(F)F)cn34)c2)cs1. The molecule has 31 heavy (non-hydrogen) atoms. The average molecular weight is 484 g/mol. The molecule has 0 spiro atoms. The first-order valence-corrected chi connectivity index (χ1v) is 11.0. The van der Waals surface area contributed by atoms with E-state index in [2.05, 4.69) is 20.5 Å². The number of carbonyl (C=O) groups excluding carboxylic acids is 1. The van der Waals surface area contributed by atoms with E-state index in [1.54, 1.807) is 18.2 Å². The topological polar surface area (TPSA) is 72.2 Å². The van der Waals surface area contributed by atoms with Gasteiger partial charge in [-0.1, -0.05) is 35.5 Å². The molecule has 0 radical (unpaired) electrons. The van der Waals surface area contributed by atoms with E-state index < -0.39 is 11.7 Å². The Kier molecular flexibility index (Phi) is 5.91. The quantitative estimate of drug-likeness (QED) is 0.376. The first-order chi connectivity index (χ1) is 14.7. The predicted octanol–water partition coefficient (Wildman–Crippen LogP) is 5.56. The summed E-state index contributed by atoms with van der Waals surface area (Å²) in [6, 6.07) is 8.04. The van der Waals surface area contributed by atoms with Crippen LogP contribution in [0.2, 0.25) is 5.02 Å². The van der Waals surface area contributed by atoms with Crippen LogP contribution in [0, 0.1) is 6.92 Å². The Balaban J connectivity index is 1.47. The third-order valence-corrected chi connectivity index (χ3v) is 6.14. The number of aromatic nitrogens is 4. The number of pyridine rings is 1. The zero-order valence-corrected chi connectivity index (χ0v) is 18.2. The smallest absolute Gasteiger partial charge is 0.325 e. The highest BCUT2D eigenvalue weighted by molar-refractivity contribution is 7.99. The number of amides is 1. The van der Waals surface area contributed by atoms with E-state index in [0.29, 0.717) is 5.69 Å². The molecule has 1 aromatic carbocycles. The van der Waals surface area contributed by atoms with E-state index in [0.717, 1.165) is 44.7 Å². The van der Waals surface area contributed by atoms with E-state index >= 15 is 0 Å². The first-order valence-electron chi connectivity index (χ1n) is 8.77. The molecule has 160 valence electrons. The molecule has 0 saturated carbocycles. The summed E-state index contributed by atoms with van der Waals surface area (Å²) >= 11 is 8.39. The standard InChI is InChI=1S/C19H13ClF3N5OS2/c1-10-24-15(8-30-10)11-3-2-4-13(5-11)25-16(29)9-31-18-27-26-17-14(20)6-12(7-28(17)18)19(21,22)23/h2-8H,9H2,1H3,(H,25,29). The van der Waals surface area contributed by atoms with E-state index in [4.69, 9.17) is 11.6 Å². The van der Waals surface area contributed by atoms with Crippen molar-refractivity contribution < 1.29 is 18.0 Å². The van der Waals surface area contributed by atoms with Gasteiger partial charge in [-0.05, 0) is 25.1 Å². The molecule has 0 unspecified atom stereocenters. The molecule has 12 heteroatoms. The molecule has 0 atom stereocenters. The van der Waals surface area contributed by atoms with Gasteiger partial charge in [0.1, 0.15) is 0 Å². The summed E-state index contributed by atoms with van der Waals surface area (Å²) in [7, 11) is 0. The molecule has 4 rings (SSSR count). The lowest BCUT2D eigenvalue weighted by Gasteiger charge is -2.09. The molecule has 0 bridgehead atoms. The number of anilines is 1. The Bertz CT molecular complexity index is 1270. The molecule has 3 heterocycles. The van der Waals surface area contributed by atoms with Crippen LogP contribution >= 0.6 is 34.7 Å². The minimum absolute atomic E-state index is 0.0747. The summed E-state index contributed by atoms with van der Waals surface area (Å²) < 4.78 is 40.3. The highest BCUT2D eigenvalue weighted by atomic mass is 35.5. The van der Waals surface area contributed by atoms with Crippen LogP contribution in [0.4, 0.5) is 18.9 Å². The first kappa shape index (κ1) is 21.6. The second-order valence-corrected chi connectivity index (χ2v) is 8.83. The molecule has 0 aliphatic rings. The van der Waals surface area contributed by atoms with Crippen molar-refractivity contribution in [1.29, 1.82) is 0 Å². The number of thiazole rings is 1. The average Bonchev–Trinajstić information content (AvgIpc) is 3.32. The van der Waals surface area contributed by atoms with Gasteiger partial charge in [0, 0.05) is 22.8 Å².